The Bertz CT molecular complexity index is 1180. The summed E-state index contributed by atoms with van der Waals surface area (Å²) in [6.07, 6.45) is 6.21. The van der Waals surface area contributed by atoms with Crippen LogP contribution in [0.4, 0.5) is 0 Å². The topological polar surface area (TPSA) is 73.0 Å². The van der Waals surface area contributed by atoms with Crippen molar-refractivity contribution in [3.63, 3.8) is 0 Å². The zero-order valence-electron chi connectivity index (χ0n) is 17.7. The van der Waals surface area contributed by atoms with Crippen molar-refractivity contribution >= 4 is 16.9 Å². The molecule has 5 rings (SSSR count). The average molecular weight is 406 g/mol. The SMILES string of the molecule is CC1(C)C[C@@H]2C[C@@](C)(CN2C(=O)Cn2cnc3c(cnn3-c3ccccc3)c2=O)C1. The summed E-state index contributed by atoms with van der Waals surface area (Å²) < 4.78 is 3.06. The predicted molar refractivity (Wildman–Crippen MR) is 114 cm³/mol. The molecule has 0 N–H and O–H groups in total. The van der Waals surface area contributed by atoms with Gasteiger partial charge < -0.3 is 4.90 Å². The van der Waals surface area contributed by atoms with Crippen LogP contribution in [0.3, 0.4) is 0 Å². The number of hydrogen-bond acceptors (Lipinski definition) is 4. The second kappa shape index (κ2) is 6.52. The summed E-state index contributed by atoms with van der Waals surface area (Å²) in [5.41, 5.74) is 1.53. The first-order valence-corrected chi connectivity index (χ1v) is 10.5. The van der Waals surface area contributed by atoms with Gasteiger partial charge in [0.05, 0.1) is 11.9 Å². The number of fused-ring (bicyclic) bond motifs is 3. The van der Waals surface area contributed by atoms with E-state index in [0.29, 0.717) is 11.0 Å². The zero-order chi connectivity index (χ0) is 21.1. The molecular weight excluding hydrogens is 378 g/mol. The molecule has 0 radical (unpaired) electrons. The number of aromatic nitrogens is 4. The average Bonchev–Trinajstić information content (AvgIpc) is 3.22. The van der Waals surface area contributed by atoms with E-state index in [2.05, 4.69) is 30.9 Å². The molecule has 0 spiro atoms. The number of rotatable bonds is 3. The molecule has 1 aliphatic carbocycles. The Morgan fingerprint density at radius 1 is 1.17 bits per heavy atom. The molecule has 7 heteroatoms. The van der Waals surface area contributed by atoms with Crippen molar-refractivity contribution in [1.82, 2.24) is 24.2 Å². The van der Waals surface area contributed by atoms with Crippen molar-refractivity contribution in [2.75, 3.05) is 6.54 Å². The molecule has 2 fully saturated rings. The minimum atomic E-state index is -0.232. The molecule has 2 atom stereocenters. The number of amides is 1. The molecule has 1 amide bonds. The van der Waals surface area contributed by atoms with E-state index in [1.165, 1.54) is 17.1 Å². The first-order chi connectivity index (χ1) is 14.2. The van der Waals surface area contributed by atoms with E-state index in [-0.39, 0.29) is 34.9 Å². The summed E-state index contributed by atoms with van der Waals surface area (Å²) >= 11 is 0. The second-order valence-corrected chi connectivity index (χ2v) is 10.0. The molecule has 3 aromatic rings. The molecule has 2 bridgehead atoms. The number of hydrogen-bond donors (Lipinski definition) is 0. The highest BCUT2D eigenvalue weighted by Gasteiger charge is 2.50. The van der Waals surface area contributed by atoms with Crippen LogP contribution in [0, 0.1) is 10.8 Å². The van der Waals surface area contributed by atoms with Crippen LogP contribution in [-0.4, -0.2) is 42.7 Å². The Morgan fingerprint density at radius 3 is 2.70 bits per heavy atom. The van der Waals surface area contributed by atoms with Gasteiger partial charge in [-0.3, -0.25) is 14.2 Å². The van der Waals surface area contributed by atoms with Crippen molar-refractivity contribution < 1.29 is 4.79 Å². The van der Waals surface area contributed by atoms with Gasteiger partial charge in [-0.2, -0.15) is 5.10 Å². The molecule has 1 aliphatic heterocycles. The molecular formula is C23H27N5O2. The smallest absolute Gasteiger partial charge is 0.264 e. The number of para-hydroxylation sites is 1. The van der Waals surface area contributed by atoms with Crippen molar-refractivity contribution in [2.45, 2.75) is 52.6 Å². The van der Waals surface area contributed by atoms with Gasteiger partial charge in [0.2, 0.25) is 5.91 Å². The standard InChI is InChI=1S/C23H27N5O2/c1-22(2)9-17-10-23(3,13-22)14-27(17)19(29)12-26-15-24-20-18(21(26)30)11-25-28(20)16-7-5-4-6-8-16/h4-8,11,15,17H,9-10,12-14H2,1-3H3/t17-,23-/m1/s1. The number of likely N-dealkylation sites (tertiary alicyclic amines) is 1. The van der Waals surface area contributed by atoms with E-state index < -0.39 is 0 Å². The second-order valence-electron chi connectivity index (χ2n) is 10.0. The highest BCUT2D eigenvalue weighted by molar-refractivity contribution is 5.78. The van der Waals surface area contributed by atoms with Gasteiger partial charge in [-0.05, 0) is 42.2 Å². The fraction of sp³-hybridized carbons (Fsp3) is 0.478. The number of carbonyl (C=O) groups excluding carboxylic acids is 1. The Morgan fingerprint density at radius 2 is 1.93 bits per heavy atom. The van der Waals surface area contributed by atoms with Crippen molar-refractivity contribution in [3.05, 3.63) is 53.2 Å². The van der Waals surface area contributed by atoms with Crippen LogP contribution in [-0.2, 0) is 11.3 Å². The van der Waals surface area contributed by atoms with Gasteiger partial charge in [0.1, 0.15) is 18.3 Å². The Labute approximate surface area is 175 Å². The third-order valence-electron chi connectivity index (χ3n) is 6.60. The maximum Gasteiger partial charge on any atom is 0.264 e. The summed E-state index contributed by atoms with van der Waals surface area (Å²) in [6, 6.07) is 9.84. The van der Waals surface area contributed by atoms with E-state index in [0.717, 1.165) is 31.5 Å². The minimum absolute atomic E-state index is 0.000117. The van der Waals surface area contributed by atoms with E-state index >= 15 is 0 Å². The summed E-state index contributed by atoms with van der Waals surface area (Å²) in [7, 11) is 0. The molecule has 2 aromatic heterocycles. The Balaban J connectivity index is 1.42. The van der Waals surface area contributed by atoms with E-state index in [9.17, 15) is 9.59 Å². The number of benzene rings is 1. The first kappa shape index (κ1) is 19.0. The van der Waals surface area contributed by atoms with Crippen LogP contribution in [0.15, 0.2) is 47.7 Å². The van der Waals surface area contributed by atoms with Gasteiger partial charge in [0.15, 0.2) is 5.65 Å². The largest absolute Gasteiger partial charge is 0.338 e. The van der Waals surface area contributed by atoms with E-state index in [1.54, 1.807) is 4.68 Å². The van der Waals surface area contributed by atoms with Crippen LogP contribution in [0.1, 0.15) is 40.0 Å². The number of carbonyl (C=O) groups is 1. The highest BCUT2D eigenvalue weighted by Crippen LogP contribution is 2.52. The molecule has 0 unspecified atom stereocenters. The van der Waals surface area contributed by atoms with Gasteiger partial charge in [-0.25, -0.2) is 9.67 Å². The quantitative estimate of drug-likeness (QED) is 0.671. The normalized spacial score (nSPS) is 25.0. The lowest BCUT2D eigenvalue weighted by molar-refractivity contribution is -0.133. The number of nitrogens with zero attached hydrogens (tertiary/aromatic N) is 5. The lowest BCUT2D eigenvalue weighted by Gasteiger charge is -2.39. The molecule has 2 aliphatic rings. The zero-order valence-corrected chi connectivity index (χ0v) is 17.7. The Kier molecular flexibility index (Phi) is 4.14. The molecule has 1 saturated carbocycles. The van der Waals surface area contributed by atoms with Gasteiger partial charge in [0.25, 0.3) is 5.56 Å². The van der Waals surface area contributed by atoms with E-state index in [1.807, 2.05) is 35.2 Å². The molecule has 1 aromatic carbocycles. The highest BCUT2D eigenvalue weighted by atomic mass is 16.2. The van der Waals surface area contributed by atoms with Gasteiger partial charge >= 0.3 is 0 Å². The summed E-state index contributed by atoms with van der Waals surface area (Å²) in [4.78, 5) is 32.6. The third-order valence-corrected chi connectivity index (χ3v) is 6.60. The van der Waals surface area contributed by atoms with Crippen molar-refractivity contribution in [2.24, 2.45) is 10.8 Å². The van der Waals surface area contributed by atoms with Gasteiger partial charge in [-0.1, -0.05) is 39.0 Å². The van der Waals surface area contributed by atoms with Crippen molar-refractivity contribution in [1.29, 1.82) is 0 Å². The lowest BCUT2D eigenvalue weighted by Crippen LogP contribution is -2.40. The van der Waals surface area contributed by atoms with Crippen LogP contribution < -0.4 is 5.56 Å². The summed E-state index contributed by atoms with van der Waals surface area (Å²) in [5, 5.41) is 4.76. The molecule has 3 heterocycles. The van der Waals surface area contributed by atoms with Crippen molar-refractivity contribution in [3.8, 4) is 5.69 Å². The lowest BCUT2D eigenvalue weighted by atomic mass is 9.65. The Hall–Kier alpha value is -2.96. The maximum atomic E-state index is 13.1. The fourth-order valence-electron chi connectivity index (χ4n) is 5.81. The van der Waals surface area contributed by atoms with Crippen LogP contribution in [0.25, 0.3) is 16.7 Å². The van der Waals surface area contributed by atoms with Crippen LogP contribution in [0.5, 0.6) is 0 Å². The molecule has 1 saturated heterocycles. The first-order valence-electron chi connectivity index (χ1n) is 10.5. The summed E-state index contributed by atoms with van der Waals surface area (Å²) in [6.45, 7) is 7.66. The van der Waals surface area contributed by atoms with Gasteiger partial charge in [-0.15, -0.1) is 0 Å². The van der Waals surface area contributed by atoms with Crippen LogP contribution in [0.2, 0.25) is 0 Å². The monoisotopic (exact) mass is 405 g/mol. The third kappa shape index (κ3) is 3.13. The maximum absolute atomic E-state index is 13.1. The fourth-order valence-corrected chi connectivity index (χ4v) is 5.81. The summed E-state index contributed by atoms with van der Waals surface area (Å²) in [5.74, 6) is 0.000117. The molecule has 156 valence electrons. The molecule has 30 heavy (non-hydrogen) atoms. The van der Waals surface area contributed by atoms with Crippen LogP contribution >= 0.6 is 0 Å². The minimum Gasteiger partial charge on any atom is -0.338 e. The molecule has 7 nitrogen and oxygen atoms in total. The predicted octanol–water partition coefficient (Wildman–Crippen LogP) is 3.01. The van der Waals surface area contributed by atoms with E-state index in [4.69, 9.17) is 0 Å². The van der Waals surface area contributed by atoms with Gasteiger partial charge in [0, 0.05) is 12.6 Å².